The summed E-state index contributed by atoms with van der Waals surface area (Å²) in [6.45, 7) is 5.51. The molecule has 0 spiro atoms. The van der Waals surface area contributed by atoms with Crippen molar-refractivity contribution in [1.82, 2.24) is 9.88 Å². The minimum absolute atomic E-state index is 0.322. The van der Waals surface area contributed by atoms with E-state index in [1.807, 2.05) is 0 Å². The van der Waals surface area contributed by atoms with E-state index in [1.165, 1.54) is 6.20 Å². The number of piperidine rings is 1. The Hall–Kier alpha value is -0.660. The number of thiazole rings is 1. The number of nitrogens with zero attached hydrogens (tertiary/aromatic N) is 2. The van der Waals surface area contributed by atoms with E-state index in [-0.39, 0.29) is 0 Å². The molecule has 0 atom stereocenters. The van der Waals surface area contributed by atoms with Gasteiger partial charge in [0.25, 0.3) is 0 Å². The summed E-state index contributed by atoms with van der Waals surface area (Å²) in [6.07, 6.45) is -2.37. The average molecular weight is 294 g/mol. The third kappa shape index (κ3) is 3.09. The number of alkyl halides is 3. The van der Waals surface area contributed by atoms with Crippen LogP contribution in [0, 0.1) is 0 Å². The van der Waals surface area contributed by atoms with E-state index in [4.69, 9.17) is 0 Å². The van der Waals surface area contributed by atoms with Gasteiger partial charge in [0.2, 0.25) is 0 Å². The molecule has 0 amide bonds. The summed E-state index contributed by atoms with van der Waals surface area (Å²) < 4.78 is 37.6. The van der Waals surface area contributed by atoms with E-state index < -0.39 is 16.8 Å². The van der Waals surface area contributed by atoms with E-state index in [0.717, 1.165) is 0 Å². The molecule has 0 aliphatic carbocycles. The summed E-state index contributed by atoms with van der Waals surface area (Å²) in [4.78, 5) is 5.91. The Balaban J connectivity index is 2.12. The first kappa shape index (κ1) is 14.7. The molecule has 1 N–H and O–H groups in total. The Morgan fingerprint density at radius 2 is 1.95 bits per heavy atom. The molecule has 2 rings (SSSR count). The second-order valence-corrected chi connectivity index (χ2v) is 6.22. The molecule has 19 heavy (non-hydrogen) atoms. The first-order valence-corrected chi connectivity index (χ1v) is 7.04. The Bertz CT molecular complexity index is 436. The Morgan fingerprint density at radius 3 is 2.37 bits per heavy atom. The molecular formula is C12H17F3N2OS. The molecular weight excluding hydrogens is 277 g/mol. The zero-order valence-electron chi connectivity index (χ0n) is 10.9. The zero-order valence-corrected chi connectivity index (χ0v) is 11.7. The van der Waals surface area contributed by atoms with Gasteiger partial charge in [0.1, 0.15) is 5.60 Å². The third-order valence-electron chi connectivity index (χ3n) is 3.56. The van der Waals surface area contributed by atoms with Crippen molar-refractivity contribution in [3.8, 4) is 0 Å². The standard InChI is InChI=1S/C12H17F3N2OS/c1-8(2)17-5-3-11(18,4-6-17)9-7-16-10(19-9)12(13,14)15/h7-8,18H,3-6H2,1-2H3. The lowest BCUT2D eigenvalue weighted by molar-refractivity contribution is -0.137. The molecule has 0 bridgehead atoms. The van der Waals surface area contributed by atoms with Crippen molar-refractivity contribution in [2.45, 2.75) is 44.5 Å². The van der Waals surface area contributed by atoms with Gasteiger partial charge in [-0.1, -0.05) is 0 Å². The summed E-state index contributed by atoms with van der Waals surface area (Å²) in [7, 11) is 0. The Kier molecular flexibility index (Phi) is 3.90. The van der Waals surface area contributed by atoms with Crippen molar-refractivity contribution in [3.63, 3.8) is 0 Å². The largest absolute Gasteiger partial charge is 0.443 e. The highest BCUT2D eigenvalue weighted by molar-refractivity contribution is 7.11. The van der Waals surface area contributed by atoms with Crippen LogP contribution < -0.4 is 0 Å². The van der Waals surface area contributed by atoms with Gasteiger partial charge in [0.15, 0.2) is 5.01 Å². The smallest absolute Gasteiger partial charge is 0.384 e. The molecule has 0 saturated carbocycles. The average Bonchev–Trinajstić information content (AvgIpc) is 2.79. The van der Waals surface area contributed by atoms with E-state index in [9.17, 15) is 18.3 Å². The maximum atomic E-state index is 12.5. The fourth-order valence-electron chi connectivity index (χ4n) is 2.28. The van der Waals surface area contributed by atoms with E-state index in [0.29, 0.717) is 48.2 Å². The summed E-state index contributed by atoms with van der Waals surface area (Å²) >= 11 is 0.550. The van der Waals surface area contributed by atoms with Gasteiger partial charge >= 0.3 is 6.18 Å². The van der Waals surface area contributed by atoms with Crippen LogP contribution in [0.4, 0.5) is 13.2 Å². The van der Waals surface area contributed by atoms with Crippen molar-refractivity contribution in [2.75, 3.05) is 13.1 Å². The quantitative estimate of drug-likeness (QED) is 0.911. The first-order valence-electron chi connectivity index (χ1n) is 6.22. The molecule has 3 nitrogen and oxygen atoms in total. The highest BCUT2D eigenvalue weighted by atomic mass is 32.1. The minimum atomic E-state index is -4.43. The van der Waals surface area contributed by atoms with Gasteiger partial charge in [-0.05, 0) is 26.7 Å². The van der Waals surface area contributed by atoms with Gasteiger partial charge in [-0.25, -0.2) is 4.98 Å². The predicted octanol–water partition coefficient (Wildman–Crippen LogP) is 2.85. The second-order valence-electron chi connectivity index (χ2n) is 5.19. The highest BCUT2D eigenvalue weighted by Gasteiger charge is 2.40. The van der Waals surface area contributed by atoms with Gasteiger partial charge in [0.05, 0.1) is 4.88 Å². The van der Waals surface area contributed by atoms with Crippen LogP contribution in [0.15, 0.2) is 6.20 Å². The maximum Gasteiger partial charge on any atom is 0.443 e. The molecule has 1 aromatic heterocycles. The van der Waals surface area contributed by atoms with Crippen LogP contribution >= 0.6 is 11.3 Å². The van der Waals surface area contributed by atoms with Crippen molar-refractivity contribution in [2.24, 2.45) is 0 Å². The van der Waals surface area contributed by atoms with Crippen molar-refractivity contribution in [3.05, 3.63) is 16.1 Å². The fourth-order valence-corrected chi connectivity index (χ4v) is 3.21. The predicted molar refractivity (Wildman–Crippen MR) is 67.0 cm³/mol. The molecule has 0 radical (unpaired) electrons. The van der Waals surface area contributed by atoms with Crippen LogP contribution in [0.1, 0.15) is 36.6 Å². The van der Waals surface area contributed by atoms with Crippen molar-refractivity contribution < 1.29 is 18.3 Å². The summed E-state index contributed by atoms with van der Waals surface area (Å²) in [5.41, 5.74) is -1.16. The topological polar surface area (TPSA) is 36.4 Å². The summed E-state index contributed by atoms with van der Waals surface area (Å²) in [5.74, 6) is 0. The third-order valence-corrected chi connectivity index (χ3v) is 4.80. The molecule has 1 aliphatic rings. The molecule has 0 unspecified atom stereocenters. The molecule has 1 aliphatic heterocycles. The van der Waals surface area contributed by atoms with Crippen molar-refractivity contribution in [1.29, 1.82) is 0 Å². The van der Waals surface area contributed by atoms with Crippen LogP contribution in [-0.2, 0) is 11.8 Å². The second kappa shape index (κ2) is 5.03. The minimum Gasteiger partial charge on any atom is -0.384 e. The number of rotatable bonds is 2. The number of halogens is 3. The normalized spacial score (nSPS) is 21.0. The molecule has 1 fully saturated rings. The zero-order chi connectivity index (χ0) is 14.3. The van der Waals surface area contributed by atoms with Crippen LogP contribution in [-0.4, -0.2) is 34.1 Å². The van der Waals surface area contributed by atoms with Gasteiger partial charge in [-0.3, -0.25) is 0 Å². The van der Waals surface area contributed by atoms with Gasteiger partial charge in [-0.2, -0.15) is 13.2 Å². The van der Waals surface area contributed by atoms with Crippen LogP contribution in [0.3, 0.4) is 0 Å². The number of aromatic nitrogens is 1. The molecule has 108 valence electrons. The molecule has 1 aromatic rings. The molecule has 2 heterocycles. The van der Waals surface area contributed by atoms with E-state index >= 15 is 0 Å². The fraction of sp³-hybridized carbons (Fsp3) is 0.750. The summed E-state index contributed by atoms with van der Waals surface area (Å²) in [5, 5.41) is 9.61. The monoisotopic (exact) mass is 294 g/mol. The number of hydrogen-bond acceptors (Lipinski definition) is 4. The summed E-state index contributed by atoms with van der Waals surface area (Å²) in [6, 6.07) is 0.386. The number of hydrogen-bond donors (Lipinski definition) is 1. The van der Waals surface area contributed by atoms with E-state index in [1.54, 1.807) is 0 Å². The van der Waals surface area contributed by atoms with Crippen LogP contribution in [0.2, 0.25) is 0 Å². The van der Waals surface area contributed by atoms with E-state index in [2.05, 4.69) is 23.7 Å². The van der Waals surface area contributed by atoms with Crippen LogP contribution in [0.5, 0.6) is 0 Å². The lowest BCUT2D eigenvalue weighted by atomic mass is 9.90. The molecule has 7 heteroatoms. The van der Waals surface area contributed by atoms with Gasteiger partial charge < -0.3 is 10.0 Å². The number of aliphatic hydroxyl groups is 1. The first-order chi connectivity index (χ1) is 8.72. The Morgan fingerprint density at radius 1 is 1.37 bits per heavy atom. The van der Waals surface area contributed by atoms with Gasteiger partial charge in [0, 0.05) is 25.3 Å². The Labute approximate surface area is 114 Å². The SMILES string of the molecule is CC(C)N1CCC(O)(c2cnc(C(F)(F)F)s2)CC1. The number of likely N-dealkylation sites (tertiary alicyclic amines) is 1. The van der Waals surface area contributed by atoms with Crippen molar-refractivity contribution >= 4 is 11.3 Å². The molecule has 0 aromatic carbocycles. The molecule has 1 saturated heterocycles. The van der Waals surface area contributed by atoms with Gasteiger partial charge in [-0.15, -0.1) is 11.3 Å². The highest BCUT2D eigenvalue weighted by Crippen LogP contribution is 2.40. The lowest BCUT2D eigenvalue weighted by Gasteiger charge is -2.39. The van der Waals surface area contributed by atoms with Crippen LogP contribution in [0.25, 0.3) is 0 Å². The lowest BCUT2D eigenvalue weighted by Crippen LogP contribution is -2.44. The maximum absolute atomic E-state index is 12.5.